The van der Waals surface area contributed by atoms with E-state index < -0.39 is 7.92 Å². The summed E-state index contributed by atoms with van der Waals surface area (Å²) in [5, 5.41) is 2.21. The summed E-state index contributed by atoms with van der Waals surface area (Å²) in [4.78, 5) is 11.1. The fraction of sp³-hybridized carbons (Fsp3) is 0.136. The van der Waals surface area contributed by atoms with E-state index in [1.807, 2.05) is 60.7 Å². The number of carbonyl (C=O) groups is 1. The second-order valence-electron chi connectivity index (χ2n) is 5.81. The van der Waals surface area contributed by atoms with Gasteiger partial charge >= 0.3 is 0 Å². The Morgan fingerprint density at radius 3 is 1.25 bits per heavy atom. The summed E-state index contributed by atoms with van der Waals surface area (Å²) in [5.41, 5.74) is 4.06. The lowest BCUT2D eigenvalue weighted by molar-refractivity contribution is 0.569. The first kappa shape index (κ1) is 18.1. The van der Waals surface area contributed by atoms with Gasteiger partial charge in [0.15, 0.2) is 6.03 Å². The molecule has 0 atom stereocenters. The topological polar surface area (TPSA) is 17.1 Å². The summed E-state index contributed by atoms with van der Waals surface area (Å²) in [7, 11) is -0.829. The van der Waals surface area contributed by atoms with Crippen LogP contribution in [0.2, 0.25) is 0 Å². The molecule has 0 spiro atoms. The third kappa shape index (κ3) is 5.44. The summed E-state index contributed by atoms with van der Waals surface area (Å²) >= 11 is 0. The molecule has 0 saturated carbocycles. The Bertz CT molecular complexity index is 677. The summed E-state index contributed by atoms with van der Waals surface area (Å²) < 4.78 is 0. The largest absolute Gasteiger partial charge is 0.298 e. The summed E-state index contributed by atoms with van der Waals surface area (Å²) in [6, 6.07) is 27.5. The predicted molar refractivity (Wildman–Crippen MR) is 106 cm³/mol. The van der Waals surface area contributed by atoms with Gasteiger partial charge < -0.3 is 0 Å². The molecule has 0 bridgehead atoms. The third-order valence-corrected chi connectivity index (χ3v) is 5.46. The van der Waals surface area contributed by atoms with Gasteiger partial charge in [-0.3, -0.25) is 4.79 Å². The second-order valence-corrected chi connectivity index (χ2v) is 7.80. The minimum atomic E-state index is -0.829. The van der Waals surface area contributed by atoms with E-state index in [0.29, 0.717) is 0 Å². The molecule has 0 aromatic heterocycles. The molecule has 0 amide bonds. The summed E-state index contributed by atoms with van der Waals surface area (Å²) in [6.45, 7) is 6.38. The number of aryl methyl sites for hydroxylation is 3. The van der Waals surface area contributed by atoms with Crippen LogP contribution in [0.3, 0.4) is 0 Å². The Kier molecular flexibility index (Phi) is 6.90. The Hall–Kier alpha value is -2.24. The third-order valence-electron chi connectivity index (χ3n) is 3.54. The van der Waals surface area contributed by atoms with Gasteiger partial charge in [0, 0.05) is 7.92 Å². The molecular weight excluding hydrogens is 311 g/mol. The van der Waals surface area contributed by atoms with Crippen molar-refractivity contribution in [2.75, 3.05) is 0 Å². The van der Waals surface area contributed by atoms with E-state index in [0.717, 1.165) is 16.6 Å². The molecule has 0 unspecified atom stereocenters. The van der Waals surface area contributed by atoms with Crippen molar-refractivity contribution in [1.82, 2.24) is 0 Å². The van der Waals surface area contributed by atoms with Crippen molar-refractivity contribution in [3.05, 3.63) is 95.6 Å². The monoisotopic (exact) mass is 334 g/mol. The highest BCUT2D eigenvalue weighted by molar-refractivity contribution is 7.85. The number of hydrogen-bond donors (Lipinski definition) is 0. The fourth-order valence-electron chi connectivity index (χ4n) is 2.65. The number of carbonyl (C=O) groups excluding carboxylic acids is 1. The first-order valence-electron chi connectivity index (χ1n) is 7.99. The van der Waals surface area contributed by atoms with Crippen molar-refractivity contribution in [2.45, 2.75) is 20.8 Å². The van der Waals surface area contributed by atoms with Crippen molar-refractivity contribution < 1.29 is 4.79 Å². The van der Waals surface area contributed by atoms with E-state index in [1.165, 1.54) is 16.7 Å². The van der Waals surface area contributed by atoms with Gasteiger partial charge in [-0.2, -0.15) is 0 Å². The molecule has 0 heterocycles. The smallest absolute Gasteiger partial charge is 0.150 e. The maximum Gasteiger partial charge on any atom is 0.150 e. The second kappa shape index (κ2) is 9.15. The average Bonchev–Trinajstić information content (AvgIpc) is 2.57. The molecule has 24 heavy (non-hydrogen) atoms. The molecular formula is C22H23OP. The Balaban J connectivity index is 0.000000198. The zero-order valence-corrected chi connectivity index (χ0v) is 15.3. The van der Waals surface area contributed by atoms with Gasteiger partial charge in [0.1, 0.15) is 0 Å². The zero-order chi connectivity index (χ0) is 17.4. The van der Waals surface area contributed by atoms with E-state index in [1.54, 1.807) is 0 Å². The zero-order valence-electron chi connectivity index (χ0n) is 14.4. The maximum absolute atomic E-state index is 11.1. The normalized spacial score (nSPS) is 10.0. The predicted octanol–water partition coefficient (Wildman–Crippen LogP) is 4.92. The fourth-order valence-corrected chi connectivity index (χ4v) is 4.18. The van der Waals surface area contributed by atoms with Crippen LogP contribution in [0.15, 0.2) is 78.9 Å². The van der Waals surface area contributed by atoms with Crippen LogP contribution in [-0.4, -0.2) is 6.03 Å². The van der Waals surface area contributed by atoms with E-state index in [-0.39, 0.29) is 0 Å². The molecule has 0 aliphatic rings. The first-order valence-corrected chi connectivity index (χ1v) is 9.41. The first-order chi connectivity index (χ1) is 11.6. The number of hydrogen-bond acceptors (Lipinski definition) is 1. The highest BCUT2D eigenvalue weighted by Gasteiger charge is 2.10. The van der Waals surface area contributed by atoms with Crippen LogP contribution in [0.1, 0.15) is 16.7 Å². The molecule has 3 aromatic carbocycles. The average molecular weight is 334 g/mol. The lowest BCUT2D eigenvalue weighted by Gasteiger charge is -2.10. The SMILES string of the molecule is Cc1cc(C)cc(C)c1.O=CP(c1ccccc1)c1ccccc1. The van der Waals surface area contributed by atoms with Crippen molar-refractivity contribution >= 4 is 24.6 Å². The van der Waals surface area contributed by atoms with Crippen LogP contribution in [0.25, 0.3) is 0 Å². The van der Waals surface area contributed by atoms with Gasteiger partial charge in [-0.25, -0.2) is 0 Å². The molecule has 0 fully saturated rings. The molecule has 0 aliphatic carbocycles. The van der Waals surface area contributed by atoms with Crippen LogP contribution >= 0.6 is 7.92 Å². The van der Waals surface area contributed by atoms with Gasteiger partial charge in [0.25, 0.3) is 0 Å². The van der Waals surface area contributed by atoms with Crippen molar-refractivity contribution in [3.63, 3.8) is 0 Å². The molecule has 0 radical (unpaired) electrons. The van der Waals surface area contributed by atoms with Gasteiger partial charge in [-0.05, 0) is 31.4 Å². The minimum Gasteiger partial charge on any atom is -0.298 e. The Labute approximate surface area is 146 Å². The van der Waals surface area contributed by atoms with Crippen molar-refractivity contribution in [2.24, 2.45) is 0 Å². The Morgan fingerprint density at radius 2 is 0.958 bits per heavy atom. The quantitative estimate of drug-likeness (QED) is 0.491. The van der Waals surface area contributed by atoms with Crippen LogP contribution in [0, 0.1) is 20.8 Å². The molecule has 1 nitrogen and oxygen atoms in total. The lowest BCUT2D eigenvalue weighted by Crippen LogP contribution is -2.11. The van der Waals surface area contributed by atoms with Crippen molar-refractivity contribution in [1.29, 1.82) is 0 Å². The van der Waals surface area contributed by atoms with Crippen molar-refractivity contribution in [3.8, 4) is 0 Å². The molecule has 0 saturated heterocycles. The number of rotatable bonds is 3. The van der Waals surface area contributed by atoms with Crippen LogP contribution in [0.4, 0.5) is 0 Å². The van der Waals surface area contributed by atoms with Crippen LogP contribution in [0.5, 0.6) is 0 Å². The number of benzene rings is 3. The van der Waals surface area contributed by atoms with E-state index >= 15 is 0 Å². The van der Waals surface area contributed by atoms with E-state index in [2.05, 4.69) is 39.0 Å². The Morgan fingerprint density at radius 1 is 0.625 bits per heavy atom. The van der Waals surface area contributed by atoms with Gasteiger partial charge in [0.2, 0.25) is 0 Å². The standard InChI is InChI=1S/C13H11OP.C9H12/c14-11-15(12-7-3-1-4-8-12)13-9-5-2-6-10-13;1-7-4-8(2)6-9(3)5-7/h1-11H;4-6H,1-3H3. The summed E-state index contributed by atoms with van der Waals surface area (Å²) in [6.07, 6.45) is 0. The highest BCUT2D eigenvalue weighted by atomic mass is 31.1. The van der Waals surface area contributed by atoms with Crippen LogP contribution < -0.4 is 10.6 Å². The van der Waals surface area contributed by atoms with Crippen LogP contribution in [-0.2, 0) is 4.79 Å². The maximum atomic E-state index is 11.1. The summed E-state index contributed by atoms with van der Waals surface area (Å²) in [5.74, 6) is 0. The van der Waals surface area contributed by atoms with E-state index in [4.69, 9.17) is 0 Å². The lowest BCUT2D eigenvalue weighted by atomic mass is 10.1. The molecule has 2 heteroatoms. The van der Waals surface area contributed by atoms with Gasteiger partial charge in [0.05, 0.1) is 0 Å². The highest BCUT2D eigenvalue weighted by Crippen LogP contribution is 2.28. The molecule has 0 aliphatic heterocycles. The molecule has 3 aromatic rings. The molecule has 3 rings (SSSR count). The van der Waals surface area contributed by atoms with E-state index in [9.17, 15) is 4.79 Å². The minimum absolute atomic E-state index is 0.829. The van der Waals surface area contributed by atoms with Gasteiger partial charge in [-0.15, -0.1) is 0 Å². The van der Waals surface area contributed by atoms with Gasteiger partial charge in [-0.1, -0.05) is 95.6 Å². The molecule has 0 N–H and O–H groups in total. The molecule has 122 valence electrons.